The number of likely N-dealkylation sites (tertiary alicyclic amines) is 1. The summed E-state index contributed by atoms with van der Waals surface area (Å²) in [5.41, 5.74) is 10.2. The topological polar surface area (TPSA) is 29.3 Å². The van der Waals surface area contributed by atoms with Gasteiger partial charge in [0.05, 0.1) is 0 Å². The fraction of sp³-hybridized carbons (Fsp3) is 0.647. The van der Waals surface area contributed by atoms with E-state index in [-0.39, 0.29) is 0 Å². The van der Waals surface area contributed by atoms with Crippen molar-refractivity contribution in [2.24, 2.45) is 11.7 Å². The smallest absolute Gasteiger partial charge is 0.0325 e. The highest BCUT2D eigenvalue weighted by Crippen LogP contribution is 2.31. The summed E-state index contributed by atoms with van der Waals surface area (Å²) < 4.78 is 0. The van der Waals surface area contributed by atoms with Gasteiger partial charge in [-0.05, 0) is 57.2 Å². The molecule has 0 bridgehead atoms. The van der Waals surface area contributed by atoms with E-state index in [1.807, 2.05) is 0 Å². The number of aryl methyl sites for hydroxylation is 2. The quantitative estimate of drug-likeness (QED) is 0.902. The zero-order valence-corrected chi connectivity index (χ0v) is 12.8. The SMILES string of the molecule is Cc1ccc(C(C)N2CCC(C)CC2CN)c(C)c1. The maximum atomic E-state index is 5.99. The predicted octanol–water partition coefficient (Wildman–Crippen LogP) is 3.42. The minimum absolute atomic E-state index is 0.474. The van der Waals surface area contributed by atoms with Crippen LogP contribution in [0.2, 0.25) is 0 Å². The summed E-state index contributed by atoms with van der Waals surface area (Å²) >= 11 is 0. The predicted molar refractivity (Wildman–Crippen MR) is 82.3 cm³/mol. The Morgan fingerprint density at radius 1 is 1.37 bits per heavy atom. The highest BCUT2D eigenvalue weighted by atomic mass is 15.2. The Labute approximate surface area is 118 Å². The second-order valence-corrected chi connectivity index (χ2v) is 6.29. The van der Waals surface area contributed by atoms with E-state index >= 15 is 0 Å². The van der Waals surface area contributed by atoms with Crippen LogP contribution in [0.1, 0.15) is 49.4 Å². The molecule has 106 valence electrons. The molecular formula is C17H28N2. The Morgan fingerprint density at radius 2 is 2.11 bits per heavy atom. The molecule has 1 aliphatic heterocycles. The minimum Gasteiger partial charge on any atom is -0.329 e. The van der Waals surface area contributed by atoms with Gasteiger partial charge in [-0.2, -0.15) is 0 Å². The van der Waals surface area contributed by atoms with Crippen LogP contribution in [-0.2, 0) is 0 Å². The molecule has 0 spiro atoms. The first kappa shape index (κ1) is 14.5. The van der Waals surface area contributed by atoms with E-state index in [1.54, 1.807) is 0 Å². The van der Waals surface area contributed by atoms with Gasteiger partial charge in [0, 0.05) is 18.6 Å². The summed E-state index contributed by atoms with van der Waals surface area (Å²) in [5, 5.41) is 0. The van der Waals surface area contributed by atoms with Crippen molar-refractivity contribution in [2.75, 3.05) is 13.1 Å². The molecule has 1 aromatic carbocycles. The first-order valence-corrected chi connectivity index (χ1v) is 7.56. The standard InChI is InChI=1S/C17H28N2/c1-12-5-6-17(14(3)9-12)15(4)19-8-7-13(2)10-16(19)11-18/h5-6,9,13,15-16H,7-8,10-11,18H2,1-4H3. The van der Waals surface area contributed by atoms with E-state index in [0.29, 0.717) is 12.1 Å². The molecule has 2 heteroatoms. The molecule has 2 N–H and O–H groups in total. The molecule has 0 saturated carbocycles. The van der Waals surface area contributed by atoms with Crippen LogP contribution in [0.5, 0.6) is 0 Å². The molecule has 19 heavy (non-hydrogen) atoms. The van der Waals surface area contributed by atoms with Crippen molar-refractivity contribution in [2.45, 2.75) is 52.6 Å². The number of nitrogens with two attached hydrogens (primary N) is 1. The molecule has 2 rings (SSSR count). The number of hydrogen-bond donors (Lipinski definition) is 1. The molecule has 0 amide bonds. The summed E-state index contributed by atoms with van der Waals surface area (Å²) in [6, 6.07) is 7.82. The molecule has 1 aromatic rings. The maximum absolute atomic E-state index is 5.99. The lowest BCUT2D eigenvalue weighted by Crippen LogP contribution is -2.47. The lowest BCUT2D eigenvalue weighted by molar-refractivity contribution is 0.0831. The lowest BCUT2D eigenvalue weighted by Gasteiger charge is -2.42. The van der Waals surface area contributed by atoms with Crippen molar-refractivity contribution < 1.29 is 0 Å². The summed E-state index contributed by atoms with van der Waals surface area (Å²) in [6.07, 6.45) is 2.54. The number of hydrogen-bond acceptors (Lipinski definition) is 2. The number of piperidine rings is 1. The van der Waals surface area contributed by atoms with Crippen molar-refractivity contribution in [3.05, 3.63) is 34.9 Å². The van der Waals surface area contributed by atoms with Gasteiger partial charge in [0.25, 0.3) is 0 Å². The summed E-state index contributed by atoms with van der Waals surface area (Å²) in [5.74, 6) is 0.816. The largest absolute Gasteiger partial charge is 0.329 e. The van der Waals surface area contributed by atoms with Crippen LogP contribution in [-0.4, -0.2) is 24.0 Å². The third-order valence-corrected chi connectivity index (χ3v) is 4.67. The van der Waals surface area contributed by atoms with Gasteiger partial charge in [0.15, 0.2) is 0 Å². The van der Waals surface area contributed by atoms with Gasteiger partial charge in [-0.15, -0.1) is 0 Å². The summed E-state index contributed by atoms with van der Waals surface area (Å²) in [7, 11) is 0. The van der Waals surface area contributed by atoms with Crippen molar-refractivity contribution in [1.82, 2.24) is 4.90 Å². The molecule has 1 heterocycles. The van der Waals surface area contributed by atoms with Crippen LogP contribution in [0.15, 0.2) is 18.2 Å². The van der Waals surface area contributed by atoms with Gasteiger partial charge in [0.2, 0.25) is 0 Å². The van der Waals surface area contributed by atoms with Gasteiger partial charge in [-0.3, -0.25) is 4.90 Å². The van der Waals surface area contributed by atoms with Gasteiger partial charge in [-0.25, -0.2) is 0 Å². The van der Waals surface area contributed by atoms with E-state index in [4.69, 9.17) is 5.73 Å². The van der Waals surface area contributed by atoms with Crippen LogP contribution in [0, 0.1) is 19.8 Å². The Balaban J connectivity index is 2.20. The molecule has 1 saturated heterocycles. The highest BCUT2D eigenvalue weighted by Gasteiger charge is 2.29. The zero-order valence-electron chi connectivity index (χ0n) is 12.8. The third-order valence-electron chi connectivity index (χ3n) is 4.67. The molecule has 1 aliphatic rings. The fourth-order valence-electron chi connectivity index (χ4n) is 3.48. The maximum Gasteiger partial charge on any atom is 0.0325 e. The summed E-state index contributed by atoms with van der Waals surface area (Å²) in [4.78, 5) is 2.61. The van der Waals surface area contributed by atoms with E-state index in [1.165, 1.54) is 36.1 Å². The minimum atomic E-state index is 0.474. The van der Waals surface area contributed by atoms with Crippen LogP contribution >= 0.6 is 0 Å². The van der Waals surface area contributed by atoms with Crippen molar-refractivity contribution >= 4 is 0 Å². The Morgan fingerprint density at radius 3 is 2.74 bits per heavy atom. The Bertz CT molecular complexity index is 427. The average molecular weight is 260 g/mol. The van der Waals surface area contributed by atoms with E-state index in [0.717, 1.165) is 12.5 Å². The lowest BCUT2D eigenvalue weighted by atomic mass is 9.89. The second-order valence-electron chi connectivity index (χ2n) is 6.29. The normalized spacial score (nSPS) is 26.4. The van der Waals surface area contributed by atoms with Gasteiger partial charge in [-0.1, -0.05) is 30.7 Å². The molecule has 0 radical (unpaired) electrons. The van der Waals surface area contributed by atoms with Crippen molar-refractivity contribution in [1.29, 1.82) is 0 Å². The molecule has 1 fully saturated rings. The van der Waals surface area contributed by atoms with E-state index < -0.39 is 0 Å². The number of nitrogens with zero attached hydrogens (tertiary/aromatic N) is 1. The van der Waals surface area contributed by atoms with Crippen LogP contribution in [0.3, 0.4) is 0 Å². The van der Waals surface area contributed by atoms with Gasteiger partial charge >= 0.3 is 0 Å². The van der Waals surface area contributed by atoms with E-state index in [2.05, 4.69) is 50.8 Å². The molecule has 3 atom stereocenters. The average Bonchev–Trinajstić information content (AvgIpc) is 2.37. The fourth-order valence-corrected chi connectivity index (χ4v) is 3.48. The molecule has 2 nitrogen and oxygen atoms in total. The van der Waals surface area contributed by atoms with Crippen molar-refractivity contribution in [3.8, 4) is 0 Å². The highest BCUT2D eigenvalue weighted by molar-refractivity contribution is 5.32. The van der Waals surface area contributed by atoms with Crippen molar-refractivity contribution in [3.63, 3.8) is 0 Å². The zero-order chi connectivity index (χ0) is 14.0. The monoisotopic (exact) mass is 260 g/mol. The Kier molecular flexibility index (Phi) is 4.64. The molecular weight excluding hydrogens is 232 g/mol. The number of rotatable bonds is 3. The van der Waals surface area contributed by atoms with Crippen LogP contribution in [0.25, 0.3) is 0 Å². The molecule has 3 unspecified atom stereocenters. The second kappa shape index (κ2) is 6.06. The van der Waals surface area contributed by atoms with Crippen LogP contribution in [0.4, 0.5) is 0 Å². The Hall–Kier alpha value is -0.860. The van der Waals surface area contributed by atoms with Gasteiger partial charge in [0.1, 0.15) is 0 Å². The van der Waals surface area contributed by atoms with Crippen LogP contribution < -0.4 is 5.73 Å². The number of benzene rings is 1. The first-order valence-electron chi connectivity index (χ1n) is 7.56. The molecule has 0 aliphatic carbocycles. The molecule has 0 aromatic heterocycles. The third kappa shape index (κ3) is 3.18. The van der Waals surface area contributed by atoms with E-state index in [9.17, 15) is 0 Å². The first-order chi connectivity index (χ1) is 9.02. The van der Waals surface area contributed by atoms with Gasteiger partial charge < -0.3 is 5.73 Å². The summed E-state index contributed by atoms with van der Waals surface area (Å²) in [6.45, 7) is 11.0.